The lowest BCUT2D eigenvalue weighted by molar-refractivity contribution is -0.141. The Morgan fingerprint density at radius 3 is 2.38 bits per heavy atom. The van der Waals surface area contributed by atoms with Crippen LogP contribution in [0, 0.1) is 5.92 Å². The smallest absolute Gasteiger partial charge is 0.305 e. The van der Waals surface area contributed by atoms with Crippen molar-refractivity contribution in [2.24, 2.45) is 5.92 Å². The van der Waals surface area contributed by atoms with Gasteiger partial charge < -0.3 is 14.8 Å². The van der Waals surface area contributed by atoms with Crippen LogP contribution in [0.4, 0.5) is 0 Å². The van der Waals surface area contributed by atoms with Crippen molar-refractivity contribution in [3.8, 4) is 0 Å². The molecular formula is C9H17NO3. The van der Waals surface area contributed by atoms with Gasteiger partial charge in [0.05, 0.1) is 7.11 Å². The summed E-state index contributed by atoms with van der Waals surface area (Å²) in [6.07, 6.45) is 0.729. The largest absolute Gasteiger partial charge is 0.469 e. The first kappa shape index (κ1) is 12.1. The van der Waals surface area contributed by atoms with E-state index in [4.69, 9.17) is 0 Å². The van der Waals surface area contributed by atoms with Gasteiger partial charge in [0.25, 0.3) is 0 Å². The van der Waals surface area contributed by atoms with Crippen molar-refractivity contribution in [1.82, 2.24) is 5.32 Å². The van der Waals surface area contributed by atoms with Crippen LogP contribution < -0.4 is 5.32 Å². The van der Waals surface area contributed by atoms with Crippen molar-refractivity contribution in [3.63, 3.8) is 0 Å². The molecule has 76 valence electrons. The molecule has 0 amide bonds. The van der Waals surface area contributed by atoms with Crippen molar-refractivity contribution in [3.05, 3.63) is 0 Å². The topological polar surface area (TPSA) is 55.4 Å². The third-order valence-electron chi connectivity index (χ3n) is 1.75. The van der Waals surface area contributed by atoms with Gasteiger partial charge in [-0.3, -0.25) is 4.79 Å². The minimum atomic E-state index is -0.262. The van der Waals surface area contributed by atoms with Crippen LogP contribution in [0.15, 0.2) is 0 Å². The number of ketones is 1. The number of carbonyl (C=O) groups excluding carboxylic acids is 2. The van der Waals surface area contributed by atoms with E-state index in [1.165, 1.54) is 14.0 Å². The van der Waals surface area contributed by atoms with Crippen molar-refractivity contribution < 1.29 is 14.3 Å². The second-order valence-corrected chi connectivity index (χ2v) is 3.11. The Balaban J connectivity index is 3.93. The van der Waals surface area contributed by atoms with Gasteiger partial charge >= 0.3 is 5.97 Å². The van der Waals surface area contributed by atoms with E-state index in [1.807, 2.05) is 0 Å². The fourth-order valence-electron chi connectivity index (χ4n) is 1.23. The summed E-state index contributed by atoms with van der Waals surface area (Å²) in [4.78, 5) is 21.7. The maximum Gasteiger partial charge on any atom is 0.305 e. The Morgan fingerprint density at radius 2 is 2.00 bits per heavy atom. The van der Waals surface area contributed by atoms with Gasteiger partial charge in [-0.2, -0.15) is 0 Å². The van der Waals surface area contributed by atoms with Gasteiger partial charge in [-0.1, -0.05) is 0 Å². The van der Waals surface area contributed by atoms with Crippen LogP contribution in [0.3, 0.4) is 0 Å². The fourth-order valence-corrected chi connectivity index (χ4v) is 1.23. The van der Waals surface area contributed by atoms with Crippen LogP contribution >= 0.6 is 0 Å². The lowest BCUT2D eigenvalue weighted by Crippen LogP contribution is -2.23. The number of nitrogens with one attached hydrogen (secondary N) is 1. The molecule has 0 aliphatic rings. The average Bonchev–Trinajstić information content (AvgIpc) is 2.03. The van der Waals surface area contributed by atoms with E-state index in [0.717, 1.165) is 0 Å². The van der Waals surface area contributed by atoms with Crippen molar-refractivity contribution >= 4 is 11.8 Å². The van der Waals surface area contributed by atoms with E-state index in [1.54, 1.807) is 7.05 Å². The molecule has 1 N–H and O–H groups in total. The summed E-state index contributed by atoms with van der Waals surface area (Å²) in [7, 11) is 3.15. The minimum Gasteiger partial charge on any atom is -0.469 e. The van der Waals surface area contributed by atoms with E-state index in [9.17, 15) is 9.59 Å². The Hall–Kier alpha value is -0.900. The highest BCUT2D eigenvalue weighted by atomic mass is 16.5. The highest BCUT2D eigenvalue weighted by Crippen LogP contribution is 2.08. The molecule has 0 heterocycles. The summed E-state index contributed by atoms with van der Waals surface area (Å²) in [6, 6.07) is 0. The number of hydrogen-bond acceptors (Lipinski definition) is 4. The van der Waals surface area contributed by atoms with Gasteiger partial charge in [-0.05, 0) is 26.4 Å². The molecule has 0 aliphatic heterocycles. The molecule has 0 aromatic carbocycles. The number of Topliss-reactive ketones (excluding diaryl/α,β-unsaturated/α-hetero) is 1. The Kier molecular flexibility index (Phi) is 6.14. The van der Waals surface area contributed by atoms with Crippen LogP contribution in [0.25, 0.3) is 0 Å². The zero-order chi connectivity index (χ0) is 10.3. The van der Waals surface area contributed by atoms with E-state index in [-0.39, 0.29) is 17.7 Å². The zero-order valence-corrected chi connectivity index (χ0v) is 8.42. The number of ether oxygens (including phenoxy) is 1. The summed E-state index contributed by atoms with van der Waals surface area (Å²) < 4.78 is 4.53. The second kappa shape index (κ2) is 6.60. The first-order valence-corrected chi connectivity index (χ1v) is 4.31. The third-order valence-corrected chi connectivity index (χ3v) is 1.75. The Bertz CT molecular complexity index is 180. The van der Waals surface area contributed by atoms with Crippen LogP contribution in [0.1, 0.15) is 19.8 Å². The first-order chi connectivity index (χ1) is 6.10. The van der Waals surface area contributed by atoms with Crippen LogP contribution in [0.2, 0.25) is 0 Å². The molecule has 0 rings (SSSR count). The molecule has 0 radical (unpaired) electrons. The molecule has 1 unspecified atom stereocenters. The van der Waals surface area contributed by atoms with Gasteiger partial charge in [0.15, 0.2) is 0 Å². The number of rotatable bonds is 6. The quantitative estimate of drug-likeness (QED) is 0.610. The predicted octanol–water partition coefficient (Wildman–Crippen LogP) is 0.364. The Labute approximate surface area is 78.6 Å². The average molecular weight is 187 g/mol. The van der Waals surface area contributed by atoms with Crippen LogP contribution in [0.5, 0.6) is 0 Å². The summed E-state index contributed by atoms with van der Waals surface area (Å²) >= 11 is 0. The Morgan fingerprint density at radius 1 is 1.38 bits per heavy atom. The predicted molar refractivity (Wildman–Crippen MR) is 49.3 cm³/mol. The summed E-state index contributed by atoms with van der Waals surface area (Å²) in [5.74, 6) is -0.111. The standard InChI is InChI=1S/C9H17NO3/c1-7(11)4-8(6-10-2)5-9(12)13-3/h8,10H,4-6H2,1-3H3. The van der Waals surface area contributed by atoms with E-state index in [2.05, 4.69) is 10.1 Å². The molecule has 0 saturated carbocycles. The molecular weight excluding hydrogens is 170 g/mol. The molecule has 0 fully saturated rings. The molecule has 0 aromatic rings. The molecule has 0 aromatic heterocycles. The lowest BCUT2D eigenvalue weighted by atomic mass is 9.99. The summed E-state index contributed by atoms with van der Waals surface area (Å²) in [6.45, 7) is 2.19. The lowest BCUT2D eigenvalue weighted by Gasteiger charge is -2.12. The molecule has 0 saturated heterocycles. The summed E-state index contributed by atoms with van der Waals surface area (Å²) in [5.41, 5.74) is 0. The zero-order valence-electron chi connectivity index (χ0n) is 8.42. The SMILES string of the molecule is CNCC(CC(C)=O)CC(=O)OC. The van der Waals surface area contributed by atoms with Crippen molar-refractivity contribution in [2.75, 3.05) is 20.7 Å². The molecule has 0 aliphatic carbocycles. The van der Waals surface area contributed by atoms with Crippen molar-refractivity contribution in [2.45, 2.75) is 19.8 Å². The van der Waals surface area contributed by atoms with Crippen molar-refractivity contribution in [1.29, 1.82) is 0 Å². The molecule has 4 heteroatoms. The monoisotopic (exact) mass is 187 g/mol. The maximum absolute atomic E-state index is 10.9. The number of esters is 1. The molecule has 0 spiro atoms. The second-order valence-electron chi connectivity index (χ2n) is 3.11. The van der Waals surface area contributed by atoms with Crippen LogP contribution in [-0.2, 0) is 14.3 Å². The van der Waals surface area contributed by atoms with Gasteiger partial charge in [-0.15, -0.1) is 0 Å². The maximum atomic E-state index is 10.9. The van der Waals surface area contributed by atoms with Gasteiger partial charge in [0, 0.05) is 12.8 Å². The third kappa shape index (κ3) is 6.28. The highest BCUT2D eigenvalue weighted by Gasteiger charge is 2.15. The normalized spacial score (nSPS) is 12.2. The molecule has 4 nitrogen and oxygen atoms in total. The van der Waals surface area contributed by atoms with E-state index in [0.29, 0.717) is 19.4 Å². The van der Waals surface area contributed by atoms with E-state index < -0.39 is 0 Å². The molecule has 1 atom stereocenters. The summed E-state index contributed by atoms with van der Waals surface area (Å²) in [5, 5.41) is 2.94. The minimum absolute atomic E-state index is 0.0509. The number of carbonyl (C=O) groups is 2. The van der Waals surface area contributed by atoms with Crippen LogP contribution in [-0.4, -0.2) is 32.5 Å². The van der Waals surface area contributed by atoms with Gasteiger partial charge in [-0.25, -0.2) is 0 Å². The van der Waals surface area contributed by atoms with Gasteiger partial charge in [0.2, 0.25) is 0 Å². The molecule has 13 heavy (non-hydrogen) atoms. The fraction of sp³-hybridized carbons (Fsp3) is 0.778. The number of hydrogen-bond donors (Lipinski definition) is 1. The highest BCUT2D eigenvalue weighted by molar-refractivity contribution is 5.77. The first-order valence-electron chi connectivity index (χ1n) is 4.31. The number of methoxy groups -OCH3 is 1. The van der Waals surface area contributed by atoms with Gasteiger partial charge in [0.1, 0.15) is 5.78 Å². The van der Waals surface area contributed by atoms with E-state index >= 15 is 0 Å². The molecule has 0 bridgehead atoms.